The van der Waals surface area contributed by atoms with Crippen LogP contribution in [0.25, 0.3) is 0 Å². The summed E-state index contributed by atoms with van der Waals surface area (Å²) in [5.74, 6) is 1.21. The predicted octanol–water partition coefficient (Wildman–Crippen LogP) is 1.93. The number of hydrogen-bond acceptors (Lipinski definition) is 4. The van der Waals surface area contributed by atoms with E-state index in [-0.39, 0.29) is 17.6 Å². The molecule has 1 amide bonds. The second kappa shape index (κ2) is 7.85. The van der Waals surface area contributed by atoms with Crippen molar-refractivity contribution in [3.05, 3.63) is 45.9 Å². The first-order valence-electron chi connectivity index (χ1n) is 9.34. The van der Waals surface area contributed by atoms with Crippen LogP contribution in [0.2, 0.25) is 0 Å². The van der Waals surface area contributed by atoms with Gasteiger partial charge < -0.3 is 5.32 Å². The van der Waals surface area contributed by atoms with Crippen molar-refractivity contribution in [1.82, 2.24) is 24.6 Å². The van der Waals surface area contributed by atoms with Gasteiger partial charge in [-0.1, -0.05) is 19.9 Å². The van der Waals surface area contributed by atoms with Crippen molar-refractivity contribution in [2.75, 3.05) is 0 Å². The van der Waals surface area contributed by atoms with Gasteiger partial charge in [-0.15, -0.1) is 0 Å². The Morgan fingerprint density at radius 2 is 2.19 bits per heavy atom. The zero-order chi connectivity index (χ0) is 18.7. The Morgan fingerprint density at radius 3 is 2.92 bits per heavy atom. The maximum atomic E-state index is 12.5. The summed E-state index contributed by atoms with van der Waals surface area (Å²) < 4.78 is 3.35. The number of aryl methyl sites for hydroxylation is 3. The van der Waals surface area contributed by atoms with E-state index >= 15 is 0 Å². The van der Waals surface area contributed by atoms with Gasteiger partial charge in [0, 0.05) is 31.7 Å². The summed E-state index contributed by atoms with van der Waals surface area (Å²) in [6, 6.07) is 3.72. The summed E-state index contributed by atoms with van der Waals surface area (Å²) in [5, 5.41) is 7.57. The van der Waals surface area contributed by atoms with E-state index in [4.69, 9.17) is 0 Å². The van der Waals surface area contributed by atoms with Crippen LogP contribution in [0.3, 0.4) is 0 Å². The van der Waals surface area contributed by atoms with E-state index in [0.717, 1.165) is 30.7 Å². The molecule has 7 nitrogen and oxygen atoms in total. The van der Waals surface area contributed by atoms with E-state index in [1.165, 1.54) is 0 Å². The van der Waals surface area contributed by atoms with Gasteiger partial charge in [0.05, 0.1) is 0 Å². The van der Waals surface area contributed by atoms with Crippen molar-refractivity contribution in [2.45, 2.75) is 65.6 Å². The topological polar surface area (TPSA) is 81.8 Å². The Morgan fingerprint density at radius 1 is 1.38 bits per heavy atom. The molecule has 2 aromatic rings. The highest BCUT2D eigenvalue weighted by atomic mass is 16.2. The smallest absolute Gasteiger partial charge is 0.345 e. The number of hydrogen-bond donors (Lipinski definition) is 1. The zero-order valence-electron chi connectivity index (χ0n) is 15.7. The van der Waals surface area contributed by atoms with Crippen molar-refractivity contribution < 1.29 is 4.79 Å². The van der Waals surface area contributed by atoms with Crippen LogP contribution >= 0.6 is 0 Å². The third kappa shape index (κ3) is 4.03. The molecule has 0 aliphatic carbocycles. The molecule has 0 saturated heterocycles. The van der Waals surface area contributed by atoms with Gasteiger partial charge >= 0.3 is 5.69 Å². The van der Waals surface area contributed by atoms with E-state index in [1.807, 2.05) is 19.1 Å². The third-order valence-electron chi connectivity index (χ3n) is 4.89. The van der Waals surface area contributed by atoms with E-state index in [1.54, 1.807) is 15.4 Å². The molecule has 0 spiro atoms. The van der Waals surface area contributed by atoms with Crippen LogP contribution in [0.1, 0.15) is 55.0 Å². The molecule has 1 unspecified atom stereocenters. The van der Waals surface area contributed by atoms with Gasteiger partial charge in [-0.25, -0.2) is 9.48 Å². The third-order valence-corrected chi connectivity index (χ3v) is 4.89. The molecular weight excluding hydrogens is 330 g/mol. The number of pyridine rings is 1. The molecule has 1 aliphatic rings. The molecule has 0 fully saturated rings. The first kappa shape index (κ1) is 18.4. The van der Waals surface area contributed by atoms with E-state index < -0.39 is 0 Å². The number of fused-ring (bicyclic) bond motifs is 1. The average molecular weight is 357 g/mol. The molecule has 7 heteroatoms. The molecule has 0 aromatic carbocycles. The second-order valence-corrected chi connectivity index (χ2v) is 7.42. The molecule has 2 aromatic heterocycles. The Kier molecular flexibility index (Phi) is 5.54. The summed E-state index contributed by atoms with van der Waals surface area (Å²) in [4.78, 5) is 29.2. The van der Waals surface area contributed by atoms with E-state index in [0.29, 0.717) is 31.1 Å². The van der Waals surface area contributed by atoms with Crippen LogP contribution in [-0.4, -0.2) is 31.3 Å². The molecule has 26 heavy (non-hydrogen) atoms. The number of carbonyl (C=O) groups excluding carboxylic acids is 1. The molecular formula is C19H27N5O2. The summed E-state index contributed by atoms with van der Waals surface area (Å²) in [5.41, 5.74) is 1.29. The fraction of sp³-hybridized carbons (Fsp3) is 0.579. The second-order valence-electron chi connectivity index (χ2n) is 7.42. The minimum absolute atomic E-state index is 0.0223. The average Bonchev–Trinajstić information content (AvgIpc) is 2.77. The van der Waals surface area contributed by atoms with Gasteiger partial charge in [-0.3, -0.25) is 14.3 Å². The zero-order valence-corrected chi connectivity index (χ0v) is 15.7. The minimum Gasteiger partial charge on any atom is -0.348 e. The van der Waals surface area contributed by atoms with Gasteiger partial charge in [-0.05, 0) is 43.7 Å². The largest absolute Gasteiger partial charge is 0.348 e. The maximum Gasteiger partial charge on any atom is 0.345 e. The van der Waals surface area contributed by atoms with Crippen LogP contribution in [0.4, 0.5) is 0 Å². The van der Waals surface area contributed by atoms with Crippen LogP contribution < -0.4 is 11.0 Å². The summed E-state index contributed by atoms with van der Waals surface area (Å²) in [7, 11) is 0. The number of aromatic nitrogens is 4. The van der Waals surface area contributed by atoms with Crippen LogP contribution in [0.15, 0.2) is 23.1 Å². The van der Waals surface area contributed by atoms with Gasteiger partial charge in [0.15, 0.2) is 0 Å². The fourth-order valence-electron chi connectivity index (χ4n) is 3.28. The number of rotatable bonds is 5. The van der Waals surface area contributed by atoms with Crippen molar-refractivity contribution in [1.29, 1.82) is 0 Å². The van der Waals surface area contributed by atoms with Crippen molar-refractivity contribution >= 4 is 5.91 Å². The SMILES string of the molecule is Cc1cccnc1C(=O)NC1CCc2nn(CCC(C)C)c(=O)n2CC1. The molecule has 0 saturated carbocycles. The normalized spacial score (nSPS) is 17.0. The first-order valence-corrected chi connectivity index (χ1v) is 9.34. The van der Waals surface area contributed by atoms with Crippen LogP contribution in [-0.2, 0) is 19.5 Å². The molecule has 1 N–H and O–H groups in total. The van der Waals surface area contributed by atoms with Crippen LogP contribution in [0, 0.1) is 12.8 Å². The highest BCUT2D eigenvalue weighted by Crippen LogP contribution is 2.13. The van der Waals surface area contributed by atoms with Crippen molar-refractivity contribution in [3.8, 4) is 0 Å². The molecule has 3 heterocycles. The number of carbonyl (C=O) groups is 1. The molecule has 140 valence electrons. The Balaban J connectivity index is 1.65. The lowest BCUT2D eigenvalue weighted by Crippen LogP contribution is -2.36. The fourth-order valence-corrected chi connectivity index (χ4v) is 3.28. The van der Waals surface area contributed by atoms with E-state index in [2.05, 4.69) is 29.2 Å². The maximum absolute atomic E-state index is 12.5. The molecule has 0 bridgehead atoms. The summed E-state index contributed by atoms with van der Waals surface area (Å²) >= 11 is 0. The minimum atomic E-state index is -0.151. The first-order chi connectivity index (χ1) is 12.5. The van der Waals surface area contributed by atoms with Gasteiger partial charge in [0.2, 0.25) is 0 Å². The summed E-state index contributed by atoms with van der Waals surface area (Å²) in [6.45, 7) is 7.41. The lowest BCUT2D eigenvalue weighted by molar-refractivity contribution is 0.0927. The Hall–Kier alpha value is -2.44. The monoisotopic (exact) mass is 357 g/mol. The molecule has 0 radical (unpaired) electrons. The van der Waals surface area contributed by atoms with Gasteiger partial charge in [-0.2, -0.15) is 5.10 Å². The predicted molar refractivity (Wildman–Crippen MR) is 99.1 cm³/mol. The highest BCUT2D eigenvalue weighted by Gasteiger charge is 2.23. The standard InChI is InChI=1S/C19H27N5O2/c1-13(2)8-12-24-19(26)23-11-9-15(6-7-16(23)22-24)21-18(25)17-14(3)5-4-10-20-17/h4-5,10,13,15H,6-9,11-12H2,1-3H3,(H,21,25). The van der Waals surface area contributed by atoms with Crippen LogP contribution in [0.5, 0.6) is 0 Å². The molecule has 1 aliphatic heterocycles. The molecule has 1 atom stereocenters. The van der Waals surface area contributed by atoms with Crippen molar-refractivity contribution in [2.24, 2.45) is 5.92 Å². The number of nitrogens with one attached hydrogen (secondary N) is 1. The highest BCUT2D eigenvalue weighted by molar-refractivity contribution is 5.93. The number of nitrogens with zero attached hydrogens (tertiary/aromatic N) is 4. The Labute approximate surface area is 153 Å². The lowest BCUT2D eigenvalue weighted by Gasteiger charge is -2.16. The van der Waals surface area contributed by atoms with E-state index in [9.17, 15) is 9.59 Å². The lowest BCUT2D eigenvalue weighted by atomic mass is 10.1. The van der Waals surface area contributed by atoms with Crippen molar-refractivity contribution in [3.63, 3.8) is 0 Å². The quantitative estimate of drug-likeness (QED) is 0.886. The van der Waals surface area contributed by atoms with Gasteiger partial charge in [0.25, 0.3) is 5.91 Å². The molecule has 3 rings (SSSR count). The van der Waals surface area contributed by atoms with Gasteiger partial charge in [0.1, 0.15) is 11.5 Å². The summed E-state index contributed by atoms with van der Waals surface area (Å²) in [6.07, 6.45) is 4.76. The number of amides is 1. The Bertz CT molecular complexity index is 837.